The molecule has 0 aliphatic carbocycles. The number of benzene rings is 1. The van der Waals surface area contributed by atoms with Crippen molar-refractivity contribution in [3.63, 3.8) is 0 Å². The highest BCUT2D eigenvalue weighted by molar-refractivity contribution is 8.11. The summed E-state index contributed by atoms with van der Waals surface area (Å²) in [5, 5.41) is 0. The summed E-state index contributed by atoms with van der Waals surface area (Å²) in [5.74, 6) is 0. The number of para-hydroxylation sites is 1. The lowest BCUT2D eigenvalue weighted by atomic mass is 10.2. The van der Waals surface area contributed by atoms with E-state index in [2.05, 4.69) is 36.6 Å². The number of thiocarbonyl (C=S) groups is 1. The average Bonchev–Trinajstić information content (AvgIpc) is 2.25. The van der Waals surface area contributed by atoms with Gasteiger partial charge in [-0.3, -0.25) is 0 Å². The molecule has 0 aromatic heterocycles. The van der Waals surface area contributed by atoms with Crippen molar-refractivity contribution in [1.82, 2.24) is 0 Å². The molecule has 0 saturated heterocycles. The van der Waals surface area contributed by atoms with Crippen LogP contribution in [0.25, 0.3) is 0 Å². The van der Waals surface area contributed by atoms with Gasteiger partial charge < -0.3 is 4.90 Å². The van der Waals surface area contributed by atoms with E-state index in [1.165, 1.54) is 12.8 Å². The van der Waals surface area contributed by atoms with Gasteiger partial charge in [0, 0.05) is 12.2 Å². The summed E-state index contributed by atoms with van der Waals surface area (Å²) in [6.45, 7) is 3.16. The van der Waals surface area contributed by atoms with Gasteiger partial charge in [-0.2, -0.15) is 0 Å². The molecule has 3 heteroatoms. The molecule has 1 nitrogen and oxygen atoms in total. The summed E-state index contributed by atoms with van der Waals surface area (Å²) in [6.07, 6.45) is 3.62. The number of rotatable bonds is 5. The Labute approximate surface area is 103 Å². The first-order chi connectivity index (χ1) is 7.25. The highest BCUT2D eigenvalue weighted by Gasteiger charge is 2.07. The van der Waals surface area contributed by atoms with E-state index in [4.69, 9.17) is 12.2 Å². The molecular formula is C12H17NS2. The van der Waals surface area contributed by atoms with Gasteiger partial charge in [0.15, 0.2) is 0 Å². The second-order valence-electron chi connectivity index (χ2n) is 3.48. The first kappa shape index (κ1) is 12.5. The maximum atomic E-state index is 5.14. The molecule has 0 atom stereocenters. The molecule has 1 aromatic carbocycles. The molecular weight excluding hydrogens is 222 g/mol. The standard InChI is InChI=1S/C12H17NS2/c1-2-3-7-10-13(12(14)15)11-8-5-4-6-9-11/h4-6,8-9H,2-3,7,10H2,1H3,(H,14,15). The molecule has 0 bridgehead atoms. The van der Waals surface area contributed by atoms with Gasteiger partial charge in [-0.25, -0.2) is 0 Å². The molecule has 0 radical (unpaired) electrons. The van der Waals surface area contributed by atoms with Crippen LogP contribution in [-0.2, 0) is 0 Å². The van der Waals surface area contributed by atoms with Crippen LogP contribution in [0.2, 0.25) is 0 Å². The monoisotopic (exact) mass is 239 g/mol. The van der Waals surface area contributed by atoms with E-state index in [0.29, 0.717) is 4.32 Å². The molecule has 1 rings (SSSR count). The number of thiol groups is 1. The molecule has 0 aliphatic heterocycles. The third kappa shape index (κ3) is 4.22. The van der Waals surface area contributed by atoms with Gasteiger partial charge in [-0.1, -0.05) is 50.2 Å². The number of hydrogen-bond acceptors (Lipinski definition) is 1. The van der Waals surface area contributed by atoms with E-state index in [0.717, 1.165) is 18.7 Å². The van der Waals surface area contributed by atoms with Crippen molar-refractivity contribution in [3.8, 4) is 0 Å². The molecule has 0 saturated carbocycles. The first-order valence-corrected chi connectivity index (χ1v) is 6.16. The second kappa shape index (κ2) is 6.85. The largest absolute Gasteiger partial charge is 0.328 e. The molecule has 15 heavy (non-hydrogen) atoms. The minimum Gasteiger partial charge on any atom is -0.328 e. The van der Waals surface area contributed by atoms with Crippen molar-refractivity contribution in [2.24, 2.45) is 0 Å². The van der Waals surface area contributed by atoms with Crippen LogP contribution < -0.4 is 4.90 Å². The molecule has 0 fully saturated rings. The summed E-state index contributed by atoms with van der Waals surface area (Å²) < 4.78 is 0.650. The Bertz CT molecular complexity index is 298. The fourth-order valence-electron chi connectivity index (χ4n) is 1.46. The SMILES string of the molecule is CCCCCN(C(=S)S)c1ccccc1. The number of hydrogen-bond donors (Lipinski definition) is 1. The lowest BCUT2D eigenvalue weighted by Gasteiger charge is -2.22. The molecule has 0 unspecified atom stereocenters. The van der Waals surface area contributed by atoms with Crippen molar-refractivity contribution in [3.05, 3.63) is 30.3 Å². The van der Waals surface area contributed by atoms with Crippen molar-refractivity contribution >= 4 is 34.9 Å². The zero-order valence-corrected chi connectivity index (χ0v) is 10.7. The quantitative estimate of drug-likeness (QED) is 0.471. The number of anilines is 1. The maximum Gasteiger partial charge on any atom is 0.137 e. The zero-order valence-electron chi connectivity index (χ0n) is 9.02. The van der Waals surface area contributed by atoms with E-state index >= 15 is 0 Å². The summed E-state index contributed by atoms with van der Waals surface area (Å²) >= 11 is 9.40. The van der Waals surface area contributed by atoms with E-state index in [1.54, 1.807) is 0 Å². The van der Waals surface area contributed by atoms with Crippen molar-refractivity contribution < 1.29 is 0 Å². The Kier molecular flexibility index (Phi) is 5.73. The van der Waals surface area contributed by atoms with E-state index in [-0.39, 0.29) is 0 Å². The third-order valence-corrected chi connectivity index (χ3v) is 2.75. The van der Waals surface area contributed by atoms with E-state index in [1.807, 2.05) is 18.2 Å². The molecule has 0 aliphatic rings. The summed E-state index contributed by atoms with van der Waals surface area (Å²) in [4.78, 5) is 2.08. The van der Waals surface area contributed by atoms with Crippen LogP contribution in [0.5, 0.6) is 0 Å². The van der Waals surface area contributed by atoms with Crippen molar-refractivity contribution in [1.29, 1.82) is 0 Å². The highest BCUT2D eigenvalue weighted by Crippen LogP contribution is 2.16. The second-order valence-corrected chi connectivity index (χ2v) is 4.59. The fraction of sp³-hybridized carbons (Fsp3) is 0.417. The summed E-state index contributed by atoms with van der Waals surface area (Å²) in [7, 11) is 0. The Morgan fingerprint density at radius 1 is 1.27 bits per heavy atom. The van der Waals surface area contributed by atoms with Crippen molar-refractivity contribution in [2.45, 2.75) is 26.2 Å². The van der Waals surface area contributed by atoms with Gasteiger partial charge in [0.2, 0.25) is 0 Å². The topological polar surface area (TPSA) is 3.24 Å². The van der Waals surface area contributed by atoms with Gasteiger partial charge in [0.1, 0.15) is 4.32 Å². The van der Waals surface area contributed by atoms with Crippen LogP contribution in [0, 0.1) is 0 Å². The van der Waals surface area contributed by atoms with Gasteiger partial charge >= 0.3 is 0 Å². The Morgan fingerprint density at radius 2 is 1.93 bits per heavy atom. The van der Waals surface area contributed by atoms with Crippen LogP contribution >= 0.6 is 24.8 Å². The molecule has 1 aromatic rings. The minimum absolute atomic E-state index is 0.650. The van der Waals surface area contributed by atoms with Crippen LogP contribution in [-0.4, -0.2) is 10.9 Å². The summed E-state index contributed by atoms with van der Waals surface area (Å²) in [5.41, 5.74) is 1.13. The Hall–Kier alpha value is -0.540. The maximum absolute atomic E-state index is 5.14. The zero-order chi connectivity index (χ0) is 11.1. The van der Waals surface area contributed by atoms with Crippen LogP contribution in [0.1, 0.15) is 26.2 Å². The molecule has 0 amide bonds. The van der Waals surface area contributed by atoms with E-state index in [9.17, 15) is 0 Å². The Morgan fingerprint density at radius 3 is 2.47 bits per heavy atom. The molecule has 0 heterocycles. The van der Waals surface area contributed by atoms with E-state index < -0.39 is 0 Å². The lowest BCUT2D eigenvalue weighted by molar-refractivity contribution is 0.724. The van der Waals surface area contributed by atoms with Crippen molar-refractivity contribution in [2.75, 3.05) is 11.4 Å². The molecule has 82 valence electrons. The van der Waals surface area contributed by atoms with Gasteiger partial charge in [-0.15, -0.1) is 12.6 Å². The highest BCUT2D eigenvalue weighted by atomic mass is 32.1. The fourth-order valence-corrected chi connectivity index (χ4v) is 1.88. The smallest absolute Gasteiger partial charge is 0.137 e. The predicted octanol–water partition coefficient (Wildman–Crippen LogP) is 3.90. The van der Waals surface area contributed by atoms with Gasteiger partial charge in [-0.05, 0) is 18.6 Å². The van der Waals surface area contributed by atoms with Gasteiger partial charge in [0.05, 0.1) is 0 Å². The molecule has 0 spiro atoms. The third-order valence-electron chi connectivity index (χ3n) is 2.28. The van der Waals surface area contributed by atoms with Crippen LogP contribution in [0.3, 0.4) is 0 Å². The van der Waals surface area contributed by atoms with Gasteiger partial charge in [0.25, 0.3) is 0 Å². The first-order valence-electron chi connectivity index (χ1n) is 5.31. The minimum atomic E-state index is 0.650. The number of nitrogens with zero attached hydrogens (tertiary/aromatic N) is 1. The molecule has 0 N–H and O–H groups in total. The predicted molar refractivity (Wildman–Crippen MR) is 74.9 cm³/mol. The van der Waals surface area contributed by atoms with Crippen LogP contribution in [0.4, 0.5) is 5.69 Å². The lowest BCUT2D eigenvalue weighted by Crippen LogP contribution is -2.26. The average molecular weight is 239 g/mol. The summed E-state index contributed by atoms with van der Waals surface area (Å²) in [6, 6.07) is 10.2. The number of unbranched alkanes of at least 4 members (excludes halogenated alkanes) is 2. The normalized spacial score (nSPS) is 10.0. The Balaban J connectivity index is 2.62. The van der Waals surface area contributed by atoms with Crippen LogP contribution in [0.15, 0.2) is 30.3 Å².